The van der Waals surface area contributed by atoms with Gasteiger partial charge >= 0.3 is 0 Å². The normalized spacial score (nSPS) is 24.1. The van der Waals surface area contributed by atoms with Crippen LogP contribution in [0.3, 0.4) is 0 Å². The minimum atomic E-state index is 0.439. The molecule has 2 aliphatic rings. The molecule has 1 aromatic carbocycles. The summed E-state index contributed by atoms with van der Waals surface area (Å²) in [7, 11) is 0. The molecule has 21 heavy (non-hydrogen) atoms. The summed E-state index contributed by atoms with van der Waals surface area (Å²) >= 11 is 1.93. The number of aliphatic imine (C=N–C) groups is 1. The molecule has 1 aliphatic heterocycles. The Bertz CT molecular complexity index is 520. The van der Waals surface area contributed by atoms with Crippen molar-refractivity contribution in [2.24, 2.45) is 10.4 Å². The fraction of sp³-hybridized carbons (Fsp3) is 0.611. The summed E-state index contributed by atoms with van der Waals surface area (Å²) in [4.78, 5) is 4.84. The van der Waals surface area contributed by atoms with E-state index in [-0.39, 0.29) is 0 Å². The molecule has 1 atom stereocenters. The molecule has 0 radical (unpaired) electrons. The Morgan fingerprint density at radius 2 is 2.00 bits per heavy atom. The summed E-state index contributed by atoms with van der Waals surface area (Å²) in [6, 6.07) is 9.42. The third-order valence-corrected chi connectivity index (χ3v) is 6.52. The van der Waals surface area contributed by atoms with E-state index in [1.165, 1.54) is 47.7 Å². The van der Waals surface area contributed by atoms with Gasteiger partial charge in [0.15, 0.2) is 5.17 Å². The van der Waals surface area contributed by atoms with Crippen molar-refractivity contribution in [2.75, 3.05) is 12.3 Å². The Morgan fingerprint density at radius 1 is 1.24 bits per heavy atom. The number of fused-ring (bicyclic) bond motifs is 1. The molecule has 0 saturated carbocycles. The second kappa shape index (κ2) is 6.43. The first kappa shape index (κ1) is 15.0. The van der Waals surface area contributed by atoms with Crippen molar-refractivity contribution >= 4 is 16.9 Å². The molecule has 2 nitrogen and oxygen atoms in total. The van der Waals surface area contributed by atoms with E-state index in [9.17, 15) is 0 Å². The van der Waals surface area contributed by atoms with Crippen LogP contribution in [0.5, 0.6) is 0 Å². The first-order valence-corrected chi connectivity index (χ1v) is 9.24. The van der Waals surface area contributed by atoms with Crippen LogP contribution < -0.4 is 5.32 Å². The highest BCUT2D eigenvalue weighted by atomic mass is 32.2. The van der Waals surface area contributed by atoms with E-state index in [0.717, 1.165) is 13.0 Å². The summed E-state index contributed by atoms with van der Waals surface area (Å²) in [6.45, 7) is 5.60. The van der Waals surface area contributed by atoms with E-state index >= 15 is 0 Å². The molecule has 1 N–H and O–H groups in total. The summed E-state index contributed by atoms with van der Waals surface area (Å²) in [6.07, 6.45) is 6.04. The number of amidine groups is 1. The van der Waals surface area contributed by atoms with Crippen molar-refractivity contribution in [2.45, 2.75) is 52.0 Å². The number of nitrogens with one attached hydrogen (secondary N) is 1. The number of hydrogen-bond donors (Lipinski definition) is 1. The molecular weight excluding hydrogens is 276 g/mol. The Kier molecular flexibility index (Phi) is 4.58. The van der Waals surface area contributed by atoms with Crippen molar-refractivity contribution in [1.29, 1.82) is 0 Å². The molecule has 114 valence electrons. The summed E-state index contributed by atoms with van der Waals surface area (Å²) < 4.78 is 0. The Morgan fingerprint density at radius 3 is 2.67 bits per heavy atom. The van der Waals surface area contributed by atoms with Gasteiger partial charge in [0.1, 0.15) is 0 Å². The molecule has 0 saturated heterocycles. The highest BCUT2D eigenvalue weighted by Gasteiger charge is 2.31. The largest absolute Gasteiger partial charge is 0.362 e. The smallest absolute Gasteiger partial charge is 0.156 e. The first-order chi connectivity index (χ1) is 10.2. The van der Waals surface area contributed by atoms with Crippen molar-refractivity contribution in [3.63, 3.8) is 0 Å². The number of benzene rings is 1. The van der Waals surface area contributed by atoms with Gasteiger partial charge in [0, 0.05) is 18.3 Å². The summed E-state index contributed by atoms with van der Waals surface area (Å²) in [5.41, 5.74) is 3.48. The van der Waals surface area contributed by atoms with Gasteiger partial charge in [-0.2, -0.15) is 0 Å². The van der Waals surface area contributed by atoms with Crippen LogP contribution in [0.15, 0.2) is 29.3 Å². The monoisotopic (exact) mass is 302 g/mol. The molecule has 1 unspecified atom stereocenters. The van der Waals surface area contributed by atoms with Crippen LogP contribution in [-0.4, -0.2) is 23.5 Å². The van der Waals surface area contributed by atoms with Crippen molar-refractivity contribution in [1.82, 2.24) is 5.32 Å². The molecule has 3 rings (SSSR count). The average molecular weight is 302 g/mol. The average Bonchev–Trinajstić information content (AvgIpc) is 2.56. The van der Waals surface area contributed by atoms with Crippen molar-refractivity contribution in [3.05, 3.63) is 35.4 Å². The molecule has 1 aliphatic carbocycles. The number of nitrogens with zero attached hydrogens (tertiary/aromatic N) is 1. The van der Waals surface area contributed by atoms with Crippen LogP contribution in [-0.2, 0) is 12.8 Å². The van der Waals surface area contributed by atoms with E-state index in [4.69, 9.17) is 4.99 Å². The zero-order valence-corrected chi connectivity index (χ0v) is 14.0. The maximum absolute atomic E-state index is 4.84. The maximum atomic E-state index is 4.84. The molecule has 0 aromatic heterocycles. The van der Waals surface area contributed by atoms with Gasteiger partial charge in [-0.05, 0) is 48.6 Å². The predicted octanol–water partition coefficient (Wildman–Crippen LogP) is 4.04. The fourth-order valence-corrected chi connectivity index (χ4v) is 4.66. The van der Waals surface area contributed by atoms with E-state index in [1.54, 1.807) is 0 Å². The van der Waals surface area contributed by atoms with Crippen LogP contribution in [0, 0.1) is 5.41 Å². The Labute approximate surface area is 132 Å². The SMILES string of the molecule is CCC1(CC)CN=C(NC2CCc3ccccc3C2)SC1. The lowest BCUT2D eigenvalue weighted by Crippen LogP contribution is -2.41. The quantitative estimate of drug-likeness (QED) is 0.911. The first-order valence-electron chi connectivity index (χ1n) is 8.25. The third-order valence-electron chi connectivity index (χ3n) is 5.25. The molecule has 0 fully saturated rings. The summed E-state index contributed by atoms with van der Waals surface area (Å²) in [5, 5.41) is 4.88. The van der Waals surface area contributed by atoms with Gasteiger partial charge in [0.05, 0.1) is 0 Å². The van der Waals surface area contributed by atoms with E-state index in [1.807, 2.05) is 11.8 Å². The minimum absolute atomic E-state index is 0.439. The van der Waals surface area contributed by atoms with Crippen LogP contribution in [0.4, 0.5) is 0 Å². The molecule has 1 aromatic rings. The Hall–Kier alpha value is -0.960. The number of aryl methyl sites for hydroxylation is 1. The topological polar surface area (TPSA) is 24.4 Å². The second-order valence-electron chi connectivity index (χ2n) is 6.47. The van der Waals surface area contributed by atoms with Gasteiger partial charge in [-0.3, -0.25) is 4.99 Å². The van der Waals surface area contributed by atoms with Crippen LogP contribution in [0.2, 0.25) is 0 Å². The Balaban J connectivity index is 1.60. The van der Waals surface area contributed by atoms with Gasteiger partial charge in [0.2, 0.25) is 0 Å². The molecular formula is C18H26N2S. The lowest BCUT2D eigenvalue weighted by Gasteiger charge is -2.35. The molecule has 1 heterocycles. The zero-order chi connectivity index (χ0) is 14.7. The van der Waals surface area contributed by atoms with Crippen molar-refractivity contribution in [3.8, 4) is 0 Å². The fourth-order valence-electron chi connectivity index (χ4n) is 3.31. The maximum Gasteiger partial charge on any atom is 0.156 e. The van der Waals surface area contributed by atoms with Crippen LogP contribution >= 0.6 is 11.8 Å². The highest BCUT2D eigenvalue weighted by Crippen LogP contribution is 2.35. The lowest BCUT2D eigenvalue weighted by molar-refractivity contribution is 0.317. The number of rotatable bonds is 3. The molecule has 3 heteroatoms. The third kappa shape index (κ3) is 3.28. The number of thioether (sulfide) groups is 1. The van der Waals surface area contributed by atoms with Crippen LogP contribution in [0.25, 0.3) is 0 Å². The van der Waals surface area contributed by atoms with E-state index in [0.29, 0.717) is 11.5 Å². The minimum Gasteiger partial charge on any atom is -0.362 e. The predicted molar refractivity (Wildman–Crippen MR) is 93.2 cm³/mol. The highest BCUT2D eigenvalue weighted by molar-refractivity contribution is 8.13. The number of hydrogen-bond acceptors (Lipinski definition) is 3. The molecule has 0 amide bonds. The second-order valence-corrected chi connectivity index (χ2v) is 7.43. The van der Waals surface area contributed by atoms with Crippen LogP contribution in [0.1, 0.15) is 44.2 Å². The lowest BCUT2D eigenvalue weighted by atomic mass is 9.84. The molecule has 0 spiro atoms. The van der Waals surface area contributed by atoms with Gasteiger partial charge in [0.25, 0.3) is 0 Å². The van der Waals surface area contributed by atoms with Gasteiger partial charge < -0.3 is 5.32 Å². The zero-order valence-electron chi connectivity index (χ0n) is 13.2. The van der Waals surface area contributed by atoms with E-state index in [2.05, 4.69) is 43.4 Å². The summed E-state index contributed by atoms with van der Waals surface area (Å²) in [5.74, 6) is 1.22. The van der Waals surface area contributed by atoms with Gasteiger partial charge in [-0.1, -0.05) is 49.9 Å². The molecule has 0 bridgehead atoms. The van der Waals surface area contributed by atoms with Gasteiger partial charge in [-0.15, -0.1) is 0 Å². The standard InChI is InChI=1S/C18H26N2S/c1-3-18(4-2)12-19-17(21-13-18)20-16-10-9-14-7-5-6-8-15(14)11-16/h5-8,16H,3-4,9-13H2,1-2H3,(H,19,20). The van der Waals surface area contributed by atoms with Crippen molar-refractivity contribution < 1.29 is 0 Å². The van der Waals surface area contributed by atoms with Gasteiger partial charge in [-0.25, -0.2) is 0 Å². The van der Waals surface area contributed by atoms with E-state index < -0.39 is 0 Å².